The lowest BCUT2D eigenvalue weighted by Crippen LogP contribution is -2.34. The maximum atomic E-state index is 11.4. The second-order valence-corrected chi connectivity index (χ2v) is 5.36. The molecule has 0 aromatic rings. The van der Waals surface area contributed by atoms with Gasteiger partial charge < -0.3 is 14.8 Å². The number of alkyl carbamates (subject to hydrolysis) is 1. The number of rotatable bonds is 4. The van der Waals surface area contributed by atoms with Crippen LogP contribution in [0.3, 0.4) is 0 Å². The molecule has 1 aliphatic rings. The van der Waals surface area contributed by atoms with Gasteiger partial charge in [0, 0.05) is 12.5 Å². The predicted molar refractivity (Wildman–Crippen MR) is 62.5 cm³/mol. The zero-order valence-electron chi connectivity index (χ0n) is 10.9. The highest BCUT2D eigenvalue weighted by Gasteiger charge is 2.39. The fourth-order valence-corrected chi connectivity index (χ4v) is 1.61. The van der Waals surface area contributed by atoms with Crippen LogP contribution in [0.2, 0.25) is 0 Å². The molecule has 2 atom stereocenters. The molecule has 1 rings (SSSR count). The lowest BCUT2D eigenvalue weighted by molar-refractivity contribution is -0.140. The van der Waals surface area contributed by atoms with Crippen molar-refractivity contribution in [3.8, 4) is 0 Å². The summed E-state index contributed by atoms with van der Waals surface area (Å²) in [4.78, 5) is 22.4. The average molecular weight is 243 g/mol. The summed E-state index contributed by atoms with van der Waals surface area (Å²) in [5.74, 6) is 0.175. The molecule has 1 amide bonds. The smallest absolute Gasteiger partial charge is 0.407 e. The lowest BCUT2D eigenvalue weighted by Gasteiger charge is -2.19. The van der Waals surface area contributed by atoms with Crippen molar-refractivity contribution in [3.05, 3.63) is 0 Å². The van der Waals surface area contributed by atoms with E-state index in [2.05, 4.69) is 10.1 Å². The van der Waals surface area contributed by atoms with E-state index in [4.69, 9.17) is 4.74 Å². The number of carbonyl (C=O) groups is 2. The zero-order chi connectivity index (χ0) is 13.1. The number of nitrogens with one attached hydrogen (secondary N) is 1. The fraction of sp³-hybridized carbons (Fsp3) is 0.833. The molecule has 0 radical (unpaired) electrons. The Morgan fingerprint density at radius 2 is 2.00 bits per heavy atom. The van der Waals surface area contributed by atoms with Gasteiger partial charge in [-0.15, -0.1) is 0 Å². The van der Waals surface area contributed by atoms with Crippen LogP contribution in [0, 0.1) is 5.92 Å². The minimum atomic E-state index is -0.472. The Kier molecular flexibility index (Phi) is 4.37. The highest BCUT2D eigenvalue weighted by molar-refractivity contribution is 5.70. The summed E-state index contributed by atoms with van der Waals surface area (Å²) in [5, 5.41) is 2.79. The molecule has 0 aromatic carbocycles. The number of amides is 1. The Balaban J connectivity index is 2.16. The number of esters is 1. The monoisotopic (exact) mass is 243 g/mol. The van der Waals surface area contributed by atoms with Gasteiger partial charge in [-0.3, -0.25) is 4.79 Å². The van der Waals surface area contributed by atoms with E-state index in [1.807, 2.05) is 20.8 Å². The van der Waals surface area contributed by atoms with Gasteiger partial charge in [0.15, 0.2) is 0 Å². The van der Waals surface area contributed by atoms with Crippen LogP contribution in [0.4, 0.5) is 4.79 Å². The first kappa shape index (κ1) is 13.8. The van der Waals surface area contributed by atoms with Crippen LogP contribution in [0.15, 0.2) is 0 Å². The molecule has 1 aliphatic carbocycles. The standard InChI is InChI=1S/C12H21NO4/c1-12(2,3)17-11(15)13-9-7-8(9)5-6-10(14)16-4/h8-9H,5-7H2,1-4H3,(H,13,15)/t8?,9-/m0/s1. The quantitative estimate of drug-likeness (QED) is 0.765. The van der Waals surface area contributed by atoms with Gasteiger partial charge in [0.1, 0.15) is 5.60 Å². The Hall–Kier alpha value is -1.26. The van der Waals surface area contributed by atoms with Gasteiger partial charge in [-0.2, -0.15) is 0 Å². The van der Waals surface area contributed by atoms with Crippen molar-refractivity contribution in [1.82, 2.24) is 5.32 Å². The third-order valence-corrected chi connectivity index (χ3v) is 2.57. The van der Waals surface area contributed by atoms with Crippen LogP contribution in [0.5, 0.6) is 0 Å². The first-order chi connectivity index (χ1) is 7.81. The maximum absolute atomic E-state index is 11.4. The molecule has 0 spiro atoms. The largest absolute Gasteiger partial charge is 0.469 e. The molecule has 0 aliphatic heterocycles. The van der Waals surface area contributed by atoms with Crippen LogP contribution in [-0.2, 0) is 14.3 Å². The van der Waals surface area contributed by atoms with E-state index >= 15 is 0 Å². The van der Waals surface area contributed by atoms with Gasteiger partial charge in [-0.1, -0.05) is 0 Å². The van der Waals surface area contributed by atoms with Crippen molar-refractivity contribution in [2.24, 2.45) is 5.92 Å². The van der Waals surface area contributed by atoms with E-state index in [0.717, 1.165) is 12.8 Å². The predicted octanol–water partition coefficient (Wildman–Crippen LogP) is 1.85. The van der Waals surface area contributed by atoms with Gasteiger partial charge in [-0.25, -0.2) is 4.79 Å². The van der Waals surface area contributed by atoms with Crippen molar-refractivity contribution in [2.75, 3.05) is 7.11 Å². The van der Waals surface area contributed by atoms with Crippen molar-refractivity contribution < 1.29 is 19.1 Å². The molecule has 17 heavy (non-hydrogen) atoms. The fourth-order valence-electron chi connectivity index (χ4n) is 1.61. The molecular weight excluding hydrogens is 222 g/mol. The lowest BCUT2D eigenvalue weighted by atomic mass is 10.2. The van der Waals surface area contributed by atoms with Gasteiger partial charge in [0.2, 0.25) is 0 Å². The highest BCUT2D eigenvalue weighted by Crippen LogP contribution is 2.34. The van der Waals surface area contributed by atoms with E-state index < -0.39 is 5.60 Å². The molecule has 0 heterocycles. The normalized spacial score (nSPS) is 22.8. The first-order valence-corrected chi connectivity index (χ1v) is 5.88. The van der Waals surface area contributed by atoms with Crippen molar-refractivity contribution in [2.45, 2.75) is 51.7 Å². The molecule has 1 saturated carbocycles. The summed E-state index contributed by atoms with van der Waals surface area (Å²) in [7, 11) is 1.38. The summed E-state index contributed by atoms with van der Waals surface area (Å²) in [6, 6.07) is 0.148. The van der Waals surface area contributed by atoms with Crippen molar-refractivity contribution in [3.63, 3.8) is 0 Å². The highest BCUT2D eigenvalue weighted by atomic mass is 16.6. The Bertz CT molecular complexity index is 295. The van der Waals surface area contributed by atoms with Gasteiger partial charge in [0.05, 0.1) is 7.11 Å². The topological polar surface area (TPSA) is 64.6 Å². The van der Waals surface area contributed by atoms with Crippen LogP contribution >= 0.6 is 0 Å². The van der Waals surface area contributed by atoms with Gasteiger partial charge in [-0.05, 0) is 39.5 Å². The third kappa shape index (κ3) is 5.56. The molecule has 98 valence electrons. The minimum absolute atomic E-state index is 0.148. The molecule has 1 fully saturated rings. The number of methoxy groups -OCH3 is 1. The third-order valence-electron chi connectivity index (χ3n) is 2.57. The first-order valence-electron chi connectivity index (χ1n) is 5.88. The van der Waals surface area contributed by atoms with Crippen LogP contribution in [-0.4, -0.2) is 30.8 Å². The minimum Gasteiger partial charge on any atom is -0.469 e. The number of hydrogen-bond donors (Lipinski definition) is 1. The number of ether oxygens (including phenoxy) is 2. The van der Waals surface area contributed by atoms with Crippen LogP contribution < -0.4 is 5.32 Å². The second kappa shape index (κ2) is 5.38. The summed E-state index contributed by atoms with van der Waals surface area (Å²) in [5.41, 5.74) is -0.472. The van der Waals surface area contributed by atoms with E-state index in [-0.39, 0.29) is 18.1 Å². The molecule has 0 saturated heterocycles. The van der Waals surface area contributed by atoms with E-state index in [1.54, 1.807) is 0 Å². The molecular formula is C12H21NO4. The SMILES string of the molecule is COC(=O)CCC1C[C@@H]1NC(=O)OC(C)(C)C. The molecule has 0 aromatic heterocycles. The van der Waals surface area contributed by atoms with E-state index in [9.17, 15) is 9.59 Å². The van der Waals surface area contributed by atoms with Crippen molar-refractivity contribution >= 4 is 12.1 Å². The summed E-state index contributed by atoms with van der Waals surface area (Å²) in [6.07, 6.45) is 1.69. The number of hydrogen-bond acceptors (Lipinski definition) is 4. The van der Waals surface area contributed by atoms with Crippen molar-refractivity contribution in [1.29, 1.82) is 0 Å². The molecule has 0 bridgehead atoms. The van der Waals surface area contributed by atoms with Gasteiger partial charge >= 0.3 is 12.1 Å². The molecule has 1 N–H and O–H groups in total. The average Bonchev–Trinajstić information content (AvgIpc) is 2.89. The Labute approximate surface area is 102 Å². The summed E-state index contributed by atoms with van der Waals surface area (Å²) in [6.45, 7) is 5.48. The number of carbonyl (C=O) groups excluding carboxylic acids is 2. The Morgan fingerprint density at radius 1 is 1.35 bits per heavy atom. The Morgan fingerprint density at radius 3 is 2.53 bits per heavy atom. The van der Waals surface area contributed by atoms with E-state index in [0.29, 0.717) is 12.3 Å². The maximum Gasteiger partial charge on any atom is 0.407 e. The van der Waals surface area contributed by atoms with Gasteiger partial charge in [0.25, 0.3) is 0 Å². The molecule has 5 heteroatoms. The van der Waals surface area contributed by atoms with E-state index in [1.165, 1.54) is 7.11 Å². The molecule has 1 unspecified atom stereocenters. The summed E-state index contributed by atoms with van der Waals surface area (Å²) >= 11 is 0. The second-order valence-electron chi connectivity index (χ2n) is 5.36. The summed E-state index contributed by atoms with van der Waals surface area (Å²) < 4.78 is 9.70. The van der Waals surface area contributed by atoms with Crippen LogP contribution in [0.1, 0.15) is 40.0 Å². The zero-order valence-corrected chi connectivity index (χ0v) is 10.9. The van der Waals surface area contributed by atoms with Crippen LogP contribution in [0.25, 0.3) is 0 Å². The molecule has 5 nitrogen and oxygen atoms in total.